The highest BCUT2D eigenvalue weighted by molar-refractivity contribution is 5.91. The summed E-state index contributed by atoms with van der Waals surface area (Å²) in [4.78, 5) is 23.8. The highest BCUT2D eigenvalue weighted by Gasteiger charge is 2.60. The molecule has 0 amide bonds. The van der Waals surface area contributed by atoms with Gasteiger partial charge in [-0.25, -0.2) is 4.79 Å². The van der Waals surface area contributed by atoms with Crippen molar-refractivity contribution < 1.29 is 19.4 Å². The smallest absolute Gasteiger partial charge is 0.334 e. The summed E-state index contributed by atoms with van der Waals surface area (Å²) in [5, 5.41) is 10.3. The van der Waals surface area contributed by atoms with Gasteiger partial charge in [0.1, 0.15) is 11.9 Å². The summed E-state index contributed by atoms with van der Waals surface area (Å²) >= 11 is 0. The van der Waals surface area contributed by atoms with Crippen LogP contribution in [-0.4, -0.2) is 29.1 Å². The van der Waals surface area contributed by atoms with Gasteiger partial charge in [0.25, 0.3) is 0 Å². The molecule has 0 aromatic carbocycles. The molecule has 3 fully saturated rings. The van der Waals surface area contributed by atoms with Crippen molar-refractivity contribution in [3.05, 3.63) is 12.2 Å². The van der Waals surface area contributed by atoms with Gasteiger partial charge in [-0.2, -0.15) is 0 Å². The quantitative estimate of drug-likeness (QED) is 0.531. The van der Waals surface area contributed by atoms with Gasteiger partial charge in [0, 0.05) is 35.2 Å². The van der Waals surface area contributed by atoms with Crippen molar-refractivity contribution >= 4 is 11.8 Å². The Hall–Kier alpha value is -1.16. The Morgan fingerprint density at radius 1 is 1.42 bits per heavy atom. The minimum Gasteiger partial charge on any atom is -0.458 e. The van der Waals surface area contributed by atoms with E-state index in [1.54, 1.807) is 0 Å². The Bertz CT molecular complexity index is 469. The van der Waals surface area contributed by atoms with Crippen LogP contribution in [0.1, 0.15) is 33.1 Å². The first-order chi connectivity index (χ1) is 8.86. The molecule has 3 aliphatic rings. The SMILES string of the molecule is C=C1C(=O)O[C@@H]2C3[C@H](C)C(=O)C[C@@H](O)[C@]3(C)CC[C@@H]12. The van der Waals surface area contributed by atoms with E-state index in [-0.39, 0.29) is 47.4 Å². The monoisotopic (exact) mass is 264 g/mol. The van der Waals surface area contributed by atoms with Crippen LogP contribution in [0.2, 0.25) is 0 Å². The van der Waals surface area contributed by atoms with Gasteiger partial charge in [-0.3, -0.25) is 4.79 Å². The zero-order chi connectivity index (χ0) is 13.9. The Kier molecular flexibility index (Phi) is 2.65. The van der Waals surface area contributed by atoms with Gasteiger partial charge in [-0.15, -0.1) is 0 Å². The van der Waals surface area contributed by atoms with Gasteiger partial charge in [0.15, 0.2) is 0 Å². The molecule has 6 atom stereocenters. The number of esters is 1. The van der Waals surface area contributed by atoms with E-state index in [2.05, 4.69) is 6.58 Å². The summed E-state index contributed by atoms with van der Waals surface area (Å²) < 4.78 is 5.48. The fourth-order valence-corrected chi connectivity index (χ4v) is 4.36. The second-order valence-corrected chi connectivity index (χ2v) is 6.55. The van der Waals surface area contributed by atoms with Crippen LogP contribution in [0.25, 0.3) is 0 Å². The zero-order valence-corrected chi connectivity index (χ0v) is 11.4. The molecular formula is C15H20O4. The van der Waals surface area contributed by atoms with E-state index in [9.17, 15) is 14.7 Å². The summed E-state index contributed by atoms with van der Waals surface area (Å²) in [7, 11) is 0. The fraction of sp³-hybridized carbons (Fsp3) is 0.733. The average molecular weight is 264 g/mol. The van der Waals surface area contributed by atoms with Crippen molar-refractivity contribution in [3.8, 4) is 0 Å². The molecular weight excluding hydrogens is 244 g/mol. The molecule has 0 aromatic rings. The number of hydrogen-bond donors (Lipinski definition) is 1. The van der Waals surface area contributed by atoms with Gasteiger partial charge in [0.2, 0.25) is 0 Å². The number of Topliss-reactive ketones (excluding diaryl/α,β-unsaturated/α-hetero) is 1. The van der Waals surface area contributed by atoms with Crippen molar-refractivity contribution in [1.29, 1.82) is 0 Å². The lowest BCUT2D eigenvalue weighted by atomic mass is 9.52. The Labute approximate surface area is 112 Å². The Balaban J connectivity index is 2.02. The molecule has 1 N–H and O–H groups in total. The van der Waals surface area contributed by atoms with Crippen LogP contribution >= 0.6 is 0 Å². The third-order valence-electron chi connectivity index (χ3n) is 5.66. The summed E-state index contributed by atoms with van der Waals surface area (Å²) in [5.41, 5.74) is 0.200. The topological polar surface area (TPSA) is 63.6 Å². The number of ether oxygens (including phenoxy) is 1. The number of rotatable bonds is 0. The standard InChI is InChI=1S/C15H20O4/c1-7-9-4-5-15(3)11(17)6-10(16)8(2)12(15)13(9)19-14(7)18/h8-9,11-13,17H,1,4-6H2,2-3H3/t8-,9+,11-,12?,13+,15+/m1/s1. The molecule has 1 unspecified atom stereocenters. The maximum atomic E-state index is 12.0. The van der Waals surface area contributed by atoms with E-state index in [0.717, 1.165) is 12.8 Å². The highest BCUT2D eigenvalue weighted by Crippen LogP contribution is 2.56. The summed E-state index contributed by atoms with van der Waals surface area (Å²) in [5.74, 6) is -0.500. The van der Waals surface area contributed by atoms with E-state index < -0.39 is 6.10 Å². The van der Waals surface area contributed by atoms with Crippen LogP contribution in [0.3, 0.4) is 0 Å². The molecule has 2 aliphatic carbocycles. The number of aliphatic hydroxyl groups excluding tert-OH is 1. The Morgan fingerprint density at radius 3 is 2.79 bits per heavy atom. The lowest BCUT2D eigenvalue weighted by Gasteiger charge is -2.53. The van der Waals surface area contributed by atoms with Crippen molar-refractivity contribution in [2.24, 2.45) is 23.2 Å². The first-order valence-corrected chi connectivity index (χ1v) is 6.97. The lowest BCUT2D eigenvalue weighted by molar-refractivity contribution is -0.173. The van der Waals surface area contributed by atoms with E-state index >= 15 is 0 Å². The molecule has 1 saturated heterocycles. The van der Waals surface area contributed by atoms with Crippen molar-refractivity contribution in [2.45, 2.75) is 45.3 Å². The molecule has 3 rings (SSSR count). The predicted molar refractivity (Wildman–Crippen MR) is 68.1 cm³/mol. The number of carbonyl (C=O) groups is 2. The normalized spacial score (nSPS) is 49.6. The van der Waals surface area contributed by atoms with Crippen molar-refractivity contribution in [1.82, 2.24) is 0 Å². The average Bonchev–Trinajstić information content (AvgIpc) is 2.63. The molecule has 19 heavy (non-hydrogen) atoms. The zero-order valence-electron chi connectivity index (χ0n) is 11.4. The minimum atomic E-state index is -0.630. The van der Waals surface area contributed by atoms with Crippen LogP contribution in [0, 0.1) is 23.2 Å². The summed E-state index contributed by atoms with van der Waals surface area (Å²) in [6.45, 7) is 7.74. The van der Waals surface area contributed by atoms with Crippen LogP contribution in [0.4, 0.5) is 0 Å². The van der Waals surface area contributed by atoms with Crippen molar-refractivity contribution in [3.63, 3.8) is 0 Å². The van der Waals surface area contributed by atoms with E-state index in [1.807, 2.05) is 13.8 Å². The molecule has 4 nitrogen and oxygen atoms in total. The third kappa shape index (κ3) is 1.55. The molecule has 0 aromatic heterocycles. The van der Waals surface area contributed by atoms with Crippen LogP contribution in [-0.2, 0) is 14.3 Å². The van der Waals surface area contributed by atoms with E-state index in [0.29, 0.717) is 5.57 Å². The van der Waals surface area contributed by atoms with Crippen LogP contribution in [0.5, 0.6) is 0 Å². The van der Waals surface area contributed by atoms with E-state index in [4.69, 9.17) is 4.74 Å². The maximum Gasteiger partial charge on any atom is 0.334 e. The van der Waals surface area contributed by atoms with E-state index in [1.165, 1.54) is 0 Å². The number of fused-ring (bicyclic) bond motifs is 3. The minimum absolute atomic E-state index is 0.0196. The second-order valence-electron chi connectivity index (χ2n) is 6.55. The highest BCUT2D eigenvalue weighted by atomic mass is 16.6. The number of ketones is 1. The molecule has 2 saturated carbocycles. The maximum absolute atomic E-state index is 12.0. The third-order valence-corrected chi connectivity index (χ3v) is 5.66. The molecule has 4 heteroatoms. The first-order valence-electron chi connectivity index (χ1n) is 6.97. The van der Waals surface area contributed by atoms with Gasteiger partial charge in [0.05, 0.1) is 6.10 Å². The molecule has 0 spiro atoms. The van der Waals surface area contributed by atoms with Crippen molar-refractivity contribution in [2.75, 3.05) is 0 Å². The van der Waals surface area contributed by atoms with Gasteiger partial charge in [-0.1, -0.05) is 20.4 Å². The van der Waals surface area contributed by atoms with Crippen LogP contribution in [0.15, 0.2) is 12.2 Å². The number of carbonyl (C=O) groups excluding carboxylic acids is 2. The first kappa shape index (κ1) is 12.9. The van der Waals surface area contributed by atoms with Crippen LogP contribution < -0.4 is 0 Å². The number of hydrogen-bond acceptors (Lipinski definition) is 4. The predicted octanol–water partition coefficient (Wildman–Crippen LogP) is 1.47. The number of aliphatic hydroxyl groups is 1. The molecule has 1 aliphatic heterocycles. The van der Waals surface area contributed by atoms with Gasteiger partial charge >= 0.3 is 5.97 Å². The molecule has 104 valence electrons. The molecule has 0 radical (unpaired) electrons. The Morgan fingerprint density at radius 2 is 2.11 bits per heavy atom. The molecule has 1 heterocycles. The largest absolute Gasteiger partial charge is 0.458 e. The van der Waals surface area contributed by atoms with Gasteiger partial charge in [-0.05, 0) is 12.8 Å². The summed E-state index contributed by atoms with van der Waals surface area (Å²) in [6, 6.07) is 0. The fourth-order valence-electron chi connectivity index (χ4n) is 4.36. The lowest BCUT2D eigenvalue weighted by Crippen LogP contribution is -2.58. The summed E-state index contributed by atoms with van der Waals surface area (Å²) in [6.07, 6.45) is 0.927. The second kappa shape index (κ2) is 3.92. The van der Waals surface area contributed by atoms with Gasteiger partial charge < -0.3 is 9.84 Å². The molecule has 0 bridgehead atoms.